The highest BCUT2D eigenvalue weighted by atomic mass is 16.1. The molecule has 5 nitrogen and oxygen atoms in total. The second kappa shape index (κ2) is 8.48. The fourth-order valence-corrected chi connectivity index (χ4v) is 2.44. The number of aromatic nitrogens is 2. The summed E-state index contributed by atoms with van der Waals surface area (Å²) < 4.78 is 1.94. The minimum atomic E-state index is -0.0464. The highest BCUT2D eigenvalue weighted by molar-refractivity contribution is 5.95. The number of hydrogen-bond acceptors (Lipinski definition) is 3. The number of nitrogens with one attached hydrogen (secondary N) is 2. The Bertz CT molecular complexity index is 621. The van der Waals surface area contributed by atoms with E-state index in [4.69, 9.17) is 0 Å². The van der Waals surface area contributed by atoms with Crippen molar-refractivity contribution in [2.24, 2.45) is 0 Å². The molecular weight excluding hydrogens is 288 g/mol. The third kappa shape index (κ3) is 4.66. The molecule has 0 fully saturated rings. The number of nitrogens with zero attached hydrogens (tertiary/aromatic N) is 2. The van der Waals surface area contributed by atoms with Crippen LogP contribution in [0.3, 0.4) is 0 Å². The van der Waals surface area contributed by atoms with E-state index in [1.54, 1.807) is 6.20 Å². The van der Waals surface area contributed by atoms with Crippen LogP contribution >= 0.6 is 0 Å². The summed E-state index contributed by atoms with van der Waals surface area (Å²) in [6.45, 7) is 5.44. The first-order valence-corrected chi connectivity index (χ1v) is 8.19. The van der Waals surface area contributed by atoms with Crippen LogP contribution in [0.25, 0.3) is 0 Å². The molecule has 0 saturated heterocycles. The van der Waals surface area contributed by atoms with Crippen molar-refractivity contribution < 1.29 is 4.79 Å². The van der Waals surface area contributed by atoms with Crippen LogP contribution < -0.4 is 10.6 Å². The Balaban J connectivity index is 2.15. The van der Waals surface area contributed by atoms with Gasteiger partial charge in [-0.1, -0.05) is 43.7 Å². The quantitative estimate of drug-likeness (QED) is 0.785. The second-order valence-corrected chi connectivity index (χ2v) is 5.80. The van der Waals surface area contributed by atoms with Gasteiger partial charge in [0.2, 0.25) is 0 Å². The molecule has 23 heavy (non-hydrogen) atoms. The van der Waals surface area contributed by atoms with Gasteiger partial charge in [0.15, 0.2) is 0 Å². The van der Waals surface area contributed by atoms with Crippen molar-refractivity contribution >= 4 is 5.91 Å². The number of benzene rings is 1. The van der Waals surface area contributed by atoms with E-state index in [2.05, 4.69) is 34.8 Å². The van der Waals surface area contributed by atoms with Crippen molar-refractivity contribution in [2.75, 3.05) is 13.6 Å². The first-order valence-electron chi connectivity index (χ1n) is 8.19. The average molecular weight is 314 g/mol. The molecule has 5 heteroatoms. The molecule has 0 spiro atoms. The summed E-state index contributed by atoms with van der Waals surface area (Å²) in [5.41, 5.74) is 2.88. The highest BCUT2D eigenvalue weighted by Crippen LogP contribution is 2.13. The molecule has 0 radical (unpaired) electrons. The molecule has 1 unspecified atom stereocenters. The van der Waals surface area contributed by atoms with E-state index in [1.165, 1.54) is 5.56 Å². The lowest BCUT2D eigenvalue weighted by Gasteiger charge is -2.12. The fraction of sp³-hybridized carbons (Fsp3) is 0.444. The van der Waals surface area contributed by atoms with Gasteiger partial charge in [0, 0.05) is 12.6 Å². The van der Waals surface area contributed by atoms with Gasteiger partial charge in [-0.25, -0.2) is 0 Å². The fourth-order valence-electron chi connectivity index (χ4n) is 2.44. The lowest BCUT2D eigenvalue weighted by molar-refractivity contribution is 0.0949. The van der Waals surface area contributed by atoms with Gasteiger partial charge < -0.3 is 10.6 Å². The summed E-state index contributed by atoms with van der Waals surface area (Å²) in [4.78, 5) is 12.4. The molecule has 1 aromatic heterocycles. The van der Waals surface area contributed by atoms with Gasteiger partial charge in [-0.05, 0) is 26.0 Å². The van der Waals surface area contributed by atoms with E-state index >= 15 is 0 Å². The van der Waals surface area contributed by atoms with Gasteiger partial charge in [-0.2, -0.15) is 5.10 Å². The predicted octanol–water partition coefficient (Wildman–Crippen LogP) is 2.22. The molecule has 124 valence electrons. The zero-order valence-corrected chi connectivity index (χ0v) is 14.2. The van der Waals surface area contributed by atoms with E-state index < -0.39 is 0 Å². The first kappa shape index (κ1) is 17.2. The lowest BCUT2D eigenvalue weighted by Crippen LogP contribution is -2.37. The normalized spacial score (nSPS) is 12.1. The van der Waals surface area contributed by atoms with Gasteiger partial charge in [0.1, 0.15) is 0 Å². The molecule has 1 aromatic carbocycles. The van der Waals surface area contributed by atoms with Gasteiger partial charge in [0.05, 0.1) is 24.0 Å². The maximum Gasteiger partial charge on any atom is 0.254 e. The molecule has 0 bridgehead atoms. The molecule has 2 rings (SSSR count). The third-order valence-electron chi connectivity index (χ3n) is 3.92. The van der Waals surface area contributed by atoms with Crippen molar-refractivity contribution in [3.05, 3.63) is 53.3 Å². The Morgan fingerprint density at radius 1 is 1.30 bits per heavy atom. The van der Waals surface area contributed by atoms with Crippen molar-refractivity contribution in [1.29, 1.82) is 0 Å². The van der Waals surface area contributed by atoms with E-state index in [9.17, 15) is 4.79 Å². The molecule has 0 aliphatic rings. The van der Waals surface area contributed by atoms with Crippen LogP contribution in [-0.2, 0) is 13.0 Å². The van der Waals surface area contributed by atoms with E-state index in [-0.39, 0.29) is 11.9 Å². The molecule has 2 N–H and O–H groups in total. The Kier molecular flexibility index (Phi) is 6.35. The highest BCUT2D eigenvalue weighted by Gasteiger charge is 2.17. The number of carbonyl (C=O) groups is 1. The molecule has 1 amide bonds. The SMILES string of the molecule is CCCc1c(C(=O)NCC(C)NC)cnn1Cc1ccccc1. The van der Waals surface area contributed by atoms with Gasteiger partial charge >= 0.3 is 0 Å². The maximum absolute atomic E-state index is 12.4. The van der Waals surface area contributed by atoms with Crippen molar-refractivity contribution in [3.8, 4) is 0 Å². The topological polar surface area (TPSA) is 59.0 Å². The lowest BCUT2D eigenvalue weighted by atomic mass is 10.1. The Hall–Kier alpha value is -2.14. The molecule has 2 aromatic rings. The third-order valence-corrected chi connectivity index (χ3v) is 3.92. The number of amides is 1. The van der Waals surface area contributed by atoms with Crippen molar-refractivity contribution in [1.82, 2.24) is 20.4 Å². The van der Waals surface area contributed by atoms with Crippen LogP contribution in [0.15, 0.2) is 36.5 Å². The molecule has 0 aliphatic heterocycles. The first-order chi connectivity index (χ1) is 11.2. The molecule has 1 heterocycles. The second-order valence-electron chi connectivity index (χ2n) is 5.80. The summed E-state index contributed by atoms with van der Waals surface area (Å²) in [5.74, 6) is -0.0464. The van der Waals surface area contributed by atoms with Gasteiger partial charge in [-0.15, -0.1) is 0 Å². The maximum atomic E-state index is 12.4. The molecule has 1 atom stereocenters. The summed E-state index contributed by atoms with van der Waals surface area (Å²) >= 11 is 0. The number of likely N-dealkylation sites (N-methyl/N-ethyl adjacent to an activating group) is 1. The number of carbonyl (C=O) groups excluding carboxylic acids is 1. The zero-order valence-electron chi connectivity index (χ0n) is 14.2. The summed E-state index contributed by atoms with van der Waals surface area (Å²) in [7, 11) is 1.89. The van der Waals surface area contributed by atoms with Crippen LogP contribution in [0, 0.1) is 0 Å². The van der Waals surface area contributed by atoms with Crippen molar-refractivity contribution in [2.45, 2.75) is 39.3 Å². The van der Waals surface area contributed by atoms with Crippen LogP contribution in [0.4, 0.5) is 0 Å². The van der Waals surface area contributed by atoms with Crippen molar-refractivity contribution in [3.63, 3.8) is 0 Å². The minimum Gasteiger partial charge on any atom is -0.350 e. The largest absolute Gasteiger partial charge is 0.350 e. The molecule has 0 saturated carbocycles. The summed E-state index contributed by atoms with van der Waals surface area (Å²) in [5, 5.41) is 10.5. The van der Waals surface area contributed by atoms with Crippen LogP contribution in [0.1, 0.15) is 41.9 Å². The Morgan fingerprint density at radius 2 is 2.04 bits per heavy atom. The van der Waals surface area contributed by atoms with Crippen LogP contribution in [-0.4, -0.2) is 35.3 Å². The van der Waals surface area contributed by atoms with E-state index in [0.717, 1.165) is 18.5 Å². The van der Waals surface area contributed by atoms with Crippen LogP contribution in [0.2, 0.25) is 0 Å². The smallest absolute Gasteiger partial charge is 0.254 e. The standard InChI is InChI=1S/C18H26N4O/c1-4-8-17-16(18(23)20-11-14(2)19-3)12-21-22(17)13-15-9-6-5-7-10-15/h5-7,9-10,12,14,19H,4,8,11,13H2,1-3H3,(H,20,23). The van der Waals surface area contributed by atoms with Gasteiger partial charge in [-0.3, -0.25) is 9.48 Å². The van der Waals surface area contributed by atoms with E-state index in [0.29, 0.717) is 18.7 Å². The predicted molar refractivity (Wildman–Crippen MR) is 92.6 cm³/mol. The monoisotopic (exact) mass is 314 g/mol. The zero-order chi connectivity index (χ0) is 16.7. The Labute approximate surface area is 138 Å². The number of rotatable bonds is 8. The van der Waals surface area contributed by atoms with Crippen LogP contribution in [0.5, 0.6) is 0 Å². The summed E-state index contributed by atoms with van der Waals surface area (Å²) in [6.07, 6.45) is 3.51. The molecule has 0 aliphatic carbocycles. The number of hydrogen-bond donors (Lipinski definition) is 2. The molecular formula is C18H26N4O. The van der Waals surface area contributed by atoms with Gasteiger partial charge in [0.25, 0.3) is 5.91 Å². The van der Waals surface area contributed by atoms with E-state index in [1.807, 2.05) is 36.9 Å². The minimum absolute atomic E-state index is 0.0464. The Morgan fingerprint density at radius 3 is 2.70 bits per heavy atom. The average Bonchev–Trinajstić information content (AvgIpc) is 2.96. The summed E-state index contributed by atoms with van der Waals surface area (Å²) in [6, 6.07) is 10.4.